The lowest BCUT2D eigenvalue weighted by Crippen LogP contribution is -2.28. The molecule has 4 nitrogen and oxygen atoms in total. The molecule has 1 aliphatic rings. The van der Waals surface area contributed by atoms with Gasteiger partial charge in [0.2, 0.25) is 0 Å². The van der Waals surface area contributed by atoms with E-state index in [0.717, 1.165) is 18.3 Å². The molecule has 0 spiro atoms. The molecule has 4 heteroatoms. The highest BCUT2D eigenvalue weighted by atomic mass is 15.2. The van der Waals surface area contributed by atoms with Gasteiger partial charge >= 0.3 is 0 Å². The van der Waals surface area contributed by atoms with Crippen LogP contribution in [-0.2, 0) is 0 Å². The van der Waals surface area contributed by atoms with Gasteiger partial charge in [-0.2, -0.15) is 0 Å². The molecule has 1 heterocycles. The van der Waals surface area contributed by atoms with E-state index in [9.17, 15) is 0 Å². The second kappa shape index (κ2) is 4.68. The first-order chi connectivity index (χ1) is 7.66. The van der Waals surface area contributed by atoms with Crippen molar-refractivity contribution in [3.63, 3.8) is 0 Å². The average molecular weight is 220 g/mol. The van der Waals surface area contributed by atoms with Gasteiger partial charge in [0, 0.05) is 12.6 Å². The Morgan fingerprint density at radius 1 is 1.38 bits per heavy atom. The van der Waals surface area contributed by atoms with Gasteiger partial charge in [-0.3, -0.25) is 0 Å². The van der Waals surface area contributed by atoms with Crippen LogP contribution in [0.2, 0.25) is 0 Å². The number of hydrogen-bond donors (Lipinski definition) is 1. The minimum Gasteiger partial charge on any atom is -0.382 e. The maximum absolute atomic E-state index is 5.55. The van der Waals surface area contributed by atoms with Crippen molar-refractivity contribution in [2.24, 2.45) is 5.92 Å². The minimum atomic E-state index is 0.489. The highest BCUT2D eigenvalue weighted by Gasteiger charge is 2.29. The molecular formula is C12H20N4. The van der Waals surface area contributed by atoms with Crippen molar-refractivity contribution in [3.8, 4) is 0 Å². The van der Waals surface area contributed by atoms with Gasteiger partial charge in [0.05, 0.1) is 12.4 Å². The molecule has 16 heavy (non-hydrogen) atoms. The fraction of sp³-hybridized carbons (Fsp3) is 0.667. The van der Waals surface area contributed by atoms with Crippen LogP contribution in [0.25, 0.3) is 0 Å². The average Bonchev–Trinajstić information content (AvgIpc) is 3.04. The fourth-order valence-electron chi connectivity index (χ4n) is 1.75. The SMILES string of the molecule is CC(C)CCN(c1cnc(N)cn1)C1CC1. The Bertz CT molecular complexity index is 329. The van der Waals surface area contributed by atoms with Crippen molar-refractivity contribution in [3.05, 3.63) is 12.4 Å². The minimum absolute atomic E-state index is 0.489. The smallest absolute Gasteiger partial charge is 0.147 e. The molecule has 1 saturated carbocycles. The first kappa shape index (κ1) is 11.2. The zero-order chi connectivity index (χ0) is 11.5. The predicted octanol–water partition coefficient (Wildman–Crippen LogP) is 2.07. The van der Waals surface area contributed by atoms with Gasteiger partial charge in [-0.25, -0.2) is 9.97 Å². The van der Waals surface area contributed by atoms with E-state index >= 15 is 0 Å². The summed E-state index contributed by atoms with van der Waals surface area (Å²) in [7, 11) is 0. The summed E-state index contributed by atoms with van der Waals surface area (Å²) < 4.78 is 0. The quantitative estimate of drug-likeness (QED) is 0.825. The van der Waals surface area contributed by atoms with Gasteiger partial charge in [-0.05, 0) is 25.2 Å². The third kappa shape index (κ3) is 2.84. The first-order valence-electron chi connectivity index (χ1n) is 6.01. The number of anilines is 2. The summed E-state index contributed by atoms with van der Waals surface area (Å²) in [6.07, 6.45) is 7.19. The molecule has 0 atom stereocenters. The standard InChI is InChI=1S/C12H20N4/c1-9(2)5-6-16(10-3-4-10)12-8-14-11(13)7-15-12/h7-10H,3-6H2,1-2H3,(H2,13,14). The van der Waals surface area contributed by atoms with Gasteiger partial charge in [0.1, 0.15) is 11.6 Å². The lowest BCUT2D eigenvalue weighted by molar-refractivity contribution is 0.568. The second-order valence-corrected chi connectivity index (χ2v) is 4.91. The van der Waals surface area contributed by atoms with Crippen LogP contribution in [0.15, 0.2) is 12.4 Å². The highest BCUT2D eigenvalue weighted by molar-refractivity contribution is 5.41. The zero-order valence-corrected chi connectivity index (χ0v) is 10.1. The van der Waals surface area contributed by atoms with Gasteiger partial charge in [0.25, 0.3) is 0 Å². The molecule has 0 amide bonds. The molecule has 0 saturated heterocycles. The molecule has 2 rings (SSSR count). The Morgan fingerprint density at radius 3 is 2.62 bits per heavy atom. The van der Waals surface area contributed by atoms with Gasteiger partial charge in [-0.15, -0.1) is 0 Å². The number of hydrogen-bond acceptors (Lipinski definition) is 4. The topological polar surface area (TPSA) is 55.0 Å². The summed E-state index contributed by atoms with van der Waals surface area (Å²) in [5.41, 5.74) is 5.55. The molecule has 2 N–H and O–H groups in total. The lowest BCUT2D eigenvalue weighted by Gasteiger charge is -2.23. The Hall–Kier alpha value is -1.32. The van der Waals surface area contributed by atoms with Crippen molar-refractivity contribution in [1.29, 1.82) is 0 Å². The highest BCUT2D eigenvalue weighted by Crippen LogP contribution is 2.30. The molecule has 0 unspecified atom stereocenters. The first-order valence-corrected chi connectivity index (χ1v) is 6.01. The third-order valence-electron chi connectivity index (χ3n) is 2.89. The number of nitrogen functional groups attached to an aromatic ring is 1. The van der Waals surface area contributed by atoms with E-state index in [2.05, 4.69) is 28.7 Å². The Kier molecular flexibility index (Phi) is 3.27. The monoisotopic (exact) mass is 220 g/mol. The summed E-state index contributed by atoms with van der Waals surface area (Å²) in [5, 5.41) is 0. The second-order valence-electron chi connectivity index (χ2n) is 4.91. The van der Waals surface area contributed by atoms with E-state index in [0.29, 0.717) is 11.9 Å². The third-order valence-corrected chi connectivity index (χ3v) is 2.89. The van der Waals surface area contributed by atoms with E-state index in [1.807, 2.05) is 0 Å². The maximum Gasteiger partial charge on any atom is 0.147 e. The van der Waals surface area contributed by atoms with Crippen LogP contribution in [-0.4, -0.2) is 22.6 Å². The molecule has 1 aromatic rings. The molecule has 1 aliphatic carbocycles. The van der Waals surface area contributed by atoms with Crippen LogP contribution in [0.1, 0.15) is 33.1 Å². The number of aromatic nitrogens is 2. The summed E-state index contributed by atoms with van der Waals surface area (Å²) >= 11 is 0. The maximum atomic E-state index is 5.55. The van der Waals surface area contributed by atoms with E-state index in [-0.39, 0.29) is 0 Å². The van der Waals surface area contributed by atoms with Crippen molar-refractivity contribution in [2.75, 3.05) is 17.2 Å². The number of rotatable bonds is 5. The largest absolute Gasteiger partial charge is 0.382 e. The van der Waals surface area contributed by atoms with Crippen LogP contribution in [0.4, 0.5) is 11.6 Å². The van der Waals surface area contributed by atoms with Crippen molar-refractivity contribution in [2.45, 2.75) is 39.2 Å². The molecule has 0 aromatic carbocycles. The molecule has 0 aliphatic heterocycles. The van der Waals surface area contributed by atoms with Crippen molar-refractivity contribution in [1.82, 2.24) is 9.97 Å². The summed E-state index contributed by atoms with van der Waals surface area (Å²) in [5.74, 6) is 2.18. The van der Waals surface area contributed by atoms with Crippen LogP contribution in [0, 0.1) is 5.92 Å². The number of nitrogens with zero attached hydrogens (tertiary/aromatic N) is 3. The Balaban J connectivity index is 2.03. The normalized spacial score (nSPS) is 15.4. The van der Waals surface area contributed by atoms with Crippen LogP contribution >= 0.6 is 0 Å². The van der Waals surface area contributed by atoms with E-state index in [1.54, 1.807) is 12.4 Å². The van der Waals surface area contributed by atoms with Gasteiger partial charge in [-0.1, -0.05) is 13.8 Å². The Labute approximate surface area is 96.9 Å². The van der Waals surface area contributed by atoms with Crippen LogP contribution in [0.5, 0.6) is 0 Å². The fourth-order valence-corrected chi connectivity index (χ4v) is 1.75. The lowest BCUT2D eigenvalue weighted by atomic mass is 10.1. The molecule has 0 bridgehead atoms. The van der Waals surface area contributed by atoms with E-state index < -0.39 is 0 Å². The molecule has 0 radical (unpaired) electrons. The summed E-state index contributed by atoms with van der Waals surface area (Å²) in [6.45, 7) is 5.57. The van der Waals surface area contributed by atoms with E-state index in [4.69, 9.17) is 5.73 Å². The van der Waals surface area contributed by atoms with E-state index in [1.165, 1.54) is 19.3 Å². The molecular weight excluding hydrogens is 200 g/mol. The number of nitrogens with two attached hydrogens (primary N) is 1. The van der Waals surface area contributed by atoms with Crippen molar-refractivity contribution < 1.29 is 0 Å². The summed E-state index contributed by atoms with van der Waals surface area (Å²) in [4.78, 5) is 10.8. The zero-order valence-electron chi connectivity index (χ0n) is 10.1. The van der Waals surface area contributed by atoms with Gasteiger partial charge in [0.15, 0.2) is 0 Å². The predicted molar refractivity (Wildman–Crippen MR) is 66.3 cm³/mol. The van der Waals surface area contributed by atoms with Crippen LogP contribution < -0.4 is 10.6 Å². The van der Waals surface area contributed by atoms with Gasteiger partial charge < -0.3 is 10.6 Å². The summed E-state index contributed by atoms with van der Waals surface area (Å²) in [6, 6.07) is 0.677. The van der Waals surface area contributed by atoms with Crippen LogP contribution in [0.3, 0.4) is 0 Å². The Morgan fingerprint density at radius 2 is 2.12 bits per heavy atom. The molecule has 1 aromatic heterocycles. The van der Waals surface area contributed by atoms with Crippen molar-refractivity contribution >= 4 is 11.6 Å². The molecule has 88 valence electrons. The molecule has 1 fully saturated rings.